The average Bonchev–Trinajstić information content (AvgIpc) is 2.78. The van der Waals surface area contributed by atoms with Crippen LogP contribution in [0.3, 0.4) is 0 Å². The van der Waals surface area contributed by atoms with Crippen molar-refractivity contribution >= 4 is 22.6 Å². The second-order valence-electron chi connectivity index (χ2n) is 7.67. The van der Waals surface area contributed by atoms with Crippen LogP contribution in [-0.2, 0) is 18.0 Å². The number of carbonyl (C=O) groups is 1. The largest absolute Gasteiger partial charge is 0.456 e. The SMILES string of the molecule is C=CS(=O)Nc1ccc(Oc2c(C)cc(F)cc2C)c(-c2cc(C(=O)NCC)c(=O)n(C)c2)c1. The summed E-state index contributed by atoms with van der Waals surface area (Å²) in [6, 6.07) is 9.31. The normalized spacial score (nSPS) is 11.6. The van der Waals surface area contributed by atoms with E-state index in [0.29, 0.717) is 46.0 Å². The zero-order valence-corrected chi connectivity index (χ0v) is 20.2. The minimum atomic E-state index is -1.51. The summed E-state index contributed by atoms with van der Waals surface area (Å²) >= 11 is 0. The van der Waals surface area contributed by atoms with Gasteiger partial charge in [0.05, 0.1) is 0 Å². The zero-order chi connectivity index (χ0) is 25.0. The number of benzene rings is 2. The van der Waals surface area contributed by atoms with Gasteiger partial charge in [0.2, 0.25) is 0 Å². The molecule has 0 spiro atoms. The molecule has 0 saturated heterocycles. The van der Waals surface area contributed by atoms with Crippen molar-refractivity contribution in [2.75, 3.05) is 11.3 Å². The molecule has 0 fully saturated rings. The summed E-state index contributed by atoms with van der Waals surface area (Å²) in [5, 5.41) is 3.90. The molecule has 1 heterocycles. The molecule has 2 aromatic carbocycles. The lowest BCUT2D eigenvalue weighted by atomic mass is 10.0. The highest BCUT2D eigenvalue weighted by molar-refractivity contribution is 7.89. The summed E-state index contributed by atoms with van der Waals surface area (Å²) in [5.41, 5.74) is 2.35. The molecule has 0 radical (unpaired) electrons. The Hall–Kier alpha value is -3.72. The lowest BCUT2D eigenvalue weighted by Crippen LogP contribution is -2.32. The fourth-order valence-corrected chi connectivity index (χ4v) is 3.95. The molecule has 3 aromatic rings. The van der Waals surface area contributed by atoms with E-state index in [0.717, 1.165) is 0 Å². The Labute approximate surface area is 199 Å². The molecule has 0 saturated carbocycles. The smallest absolute Gasteiger partial charge is 0.263 e. The van der Waals surface area contributed by atoms with Gasteiger partial charge in [0.15, 0.2) is 0 Å². The highest BCUT2D eigenvalue weighted by Crippen LogP contribution is 2.38. The summed E-state index contributed by atoms with van der Waals surface area (Å²) in [6.07, 6.45) is 1.59. The van der Waals surface area contributed by atoms with Gasteiger partial charge in [0, 0.05) is 42.0 Å². The number of halogens is 1. The van der Waals surface area contributed by atoms with E-state index in [1.165, 1.54) is 28.2 Å². The van der Waals surface area contributed by atoms with Crippen molar-refractivity contribution in [3.8, 4) is 22.6 Å². The molecule has 34 heavy (non-hydrogen) atoms. The van der Waals surface area contributed by atoms with Crippen molar-refractivity contribution in [3.05, 3.63) is 87.4 Å². The minimum Gasteiger partial charge on any atom is -0.456 e. The van der Waals surface area contributed by atoms with Crippen molar-refractivity contribution in [3.63, 3.8) is 0 Å². The maximum Gasteiger partial charge on any atom is 0.263 e. The second-order valence-corrected chi connectivity index (χ2v) is 8.80. The van der Waals surface area contributed by atoms with Gasteiger partial charge in [-0.2, -0.15) is 0 Å². The number of hydrogen-bond donors (Lipinski definition) is 2. The quantitative estimate of drug-likeness (QED) is 0.491. The summed E-state index contributed by atoms with van der Waals surface area (Å²) in [7, 11) is 0.0463. The van der Waals surface area contributed by atoms with Crippen molar-refractivity contribution < 1.29 is 18.1 Å². The molecule has 178 valence electrons. The van der Waals surface area contributed by atoms with Crippen LogP contribution in [0.25, 0.3) is 11.1 Å². The molecule has 0 bridgehead atoms. The predicted molar refractivity (Wildman–Crippen MR) is 133 cm³/mol. The molecule has 0 aliphatic carbocycles. The van der Waals surface area contributed by atoms with Gasteiger partial charge in [-0.1, -0.05) is 6.58 Å². The van der Waals surface area contributed by atoms with Crippen LogP contribution in [0, 0.1) is 19.7 Å². The topological polar surface area (TPSA) is 89.4 Å². The standard InChI is InChI=1S/C25H26FN3O4S/c1-6-27-24(30)21-12-17(14-29(5)25(21)31)20-13-19(28-34(32)7-2)8-9-22(20)33-23-15(3)10-18(26)11-16(23)4/h7-14,28H,2,6H2,1,3-5H3,(H,27,30). The summed E-state index contributed by atoms with van der Waals surface area (Å²) in [6.45, 7) is 9.13. The Balaban J connectivity index is 2.21. The van der Waals surface area contributed by atoms with E-state index < -0.39 is 22.5 Å². The van der Waals surface area contributed by atoms with Crippen LogP contribution in [-0.4, -0.2) is 21.2 Å². The van der Waals surface area contributed by atoms with Crippen LogP contribution in [0.4, 0.5) is 10.1 Å². The van der Waals surface area contributed by atoms with Crippen LogP contribution >= 0.6 is 0 Å². The molecular weight excluding hydrogens is 457 g/mol. The van der Waals surface area contributed by atoms with Crippen LogP contribution in [0.5, 0.6) is 11.5 Å². The van der Waals surface area contributed by atoms with Crippen molar-refractivity contribution in [2.45, 2.75) is 20.8 Å². The highest BCUT2D eigenvalue weighted by atomic mass is 32.2. The first kappa shape index (κ1) is 24.9. The first-order valence-electron chi connectivity index (χ1n) is 10.5. The fourth-order valence-electron chi connectivity index (χ4n) is 3.51. The summed E-state index contributed by atoms with van der Waals surface area (Å²) in [4.78, 5) is 25.1. The van der Waals surface area contributed by atoms with E-state index in [4.69, 9.17) is 4.74 Å². The number of nitrogens with one attached hydrogen (secondary N) is 2. The Morgan fingerprint density at radius 1 is 1.21 bits per heavy atom. The molecule has 9 heteroatoms. The molecule has 1 atom stereocenters. The molecule has 0 aliphatic heterocycles. The van der Waals surface area contributed by atoms with Crippen LogP contribution < -0.4 is 20.3 Å². The molecule has 0 aliphatic rings. The Kier molecular flexibility index (Phi) is 7.68. The van der Waals surface area contributed by atoms with Gasteiger partial charge in [-0.25, -0.2) is 8.60 Å². The number of amides is 1. The number of pyridine rings is 1. The van der Waals surface area contributed by atoms with E-state index in [1.807, 2.05) is 0 Å². The first-order valence-corrected chi connectivity index (χ1v) is 11.7. The van der Waals surface area contributed by atoms with Crippen molar-refractivity contribution in [1.29, 1.82) is 0 Å². The van der Waals surface area contributed by atoms with Gasteiger partial charge in [-0.15, -0.1) is 0 Å². The number of rotatable bonds is 8. The second kappa shape index (κ2) is 10.5. The zero-order valence-electron chi connectivity index (χ0n) is 19.4. The number of ether oxygens (including phenoxy) is 1. The number of nitrogens with zero attached hydrogens (tertiary/aromatic N) is 1. The fraction of sp³-hybridized carbons (Fsp3) is 0.200. The third-order valence-electron chi connectivity index (χ3n) is 5.06. The monoisotopic (exact) mass is 483 g/mol. The first-order chi connectivity index (χ1) is 16.1. The van der Waals surface area contributed by atoms with E-state index >= 15 is 0 Å². The van der Waals surface area contributed by atoms with Gasteiger partial charge in [0.25, 0.3) is 11.5 Å². The van der Waals surface area contributed by atoms with Crippen molar-refractivity contribution in [2.24, 2.45) is 7.05 Å². The van der Waals surface area contributed by atoms with Crippen LogP contribution in [0.1, 0.15) is 28.4 Å². The minimum absolute atomic E-state index is 0.0185. The Morgan fingerprint density at radius 3 is 2.50 bits per heavy atom. The lowest BCUT2D eigenvalue weighted by Gasteiger charge is -2.17. The molecule has 3 rings (SSSR count). The highest BCUT2D eigenvalue weighted by Gasteiger charge is 2.18. The maximum atomic E-state index is 13.8. The molecule has 1 amide bonds. The molecule has 7 nitrogen and oxygen atoms in total. The average molecular weight is 484 g/mol. The number of carbonyl (C=O) groups excluding carboxylic acids is 1. The Bertz CT molecular complexity index is 1330. The number of aryl methyl sites for hydroxylation is 3. The van der Waals surface area contributed by atoms with Gasteiger partial charge >= 0.3 is 0 Å². The van der Waals surface area contributed by atoms with Gasteiger partial charge < -0.3 is 19.3 Å². The number of hydrogen-bond acceptors (Lipinski definition) is 4. The summed E-state index contributed by atoms with van der Waals surface area (Å²) in [5.74, 6) is 0.0541. The van der Waals surface area contributed by atoms with Gasteiger partial charge in [-0.05, 0) is 68.3 Å². The van der Waals surface area contributed by atoms with E-state index in [2.05, 4.69) is 16.6 Å². The number of anilines is 1. The third kappa shape index (κ3) is 5.43. The van der Waals surface area contributed by atoms with Crippen LogP contribution in [0.15, 0.2) is 59.4 Å². The predicted octanol–water partition coefficient (Wildman–Crippen LogP) is 4.57. The van der Waals surface area contributed by atoms with E-state index in [1.54, 1.807) is 52.2 Å². The summed E-state index contributed by atoms with van der Waals surface area (Å²) < 4.78 is 36.1. The van der Waals surface area contributed by atoms with E-state index in [9.17, 15) is 18.2 Å². The Morgan fingerprint density at radius 2 is 1.88 bits per heavy atom. The van der Waals surface area contributed by atoms with E-state index in [-0.39, 0.29) is 11.4 Å². The van der Waals surface area contributed by atoms with Gasteiger partial charge in [-0.3, -0.25) is 9.59 Å². The number of aromatic nitrogens is 1. The molecule has 1 unspecified atom stereocenters. The molecule has 1 aromatic heterocycles. The lowest BCUT2D eigenvalue weighted by molar-refractivity contribution is 0.0954. The maximum absolute atomic E-state index is 13.8. The molecular formula is C25H26FN3O4S. The van der Waals surface area contributed by atoms with Gasteiger partial charge in [0.1, 0.15) is 33.9 Å². The van der Waals surface area contributed by atoms with Crippen LogP contribution in [0.2, 0.25) is 0 Å². The molecule has 2 N–H and O–H groups in total. The van der Waals surface area contributed by atoms with Crippen molar-refractivity contribution in [1.82, 2.24) is 9.88 Å². The third-order valence-corrected chi connectivity index (χ3v) is 5.80.